The number of nitrogens with two attached hydrogens (primary N) is 1. The Balaban J connectivity index is 1.15. The van der Waals surface area contributed by atoms with Crippen LogP contribution in [0.5, 0.6) is 17.2 Å². The first-order chi connectivity index (χ1) is 59.2. The molecule has 0 amide bonds. The first-order valence-corrected chi connectivity index (χ1v) is 47.7. The van der Waals surface area contributed by atoms with Crippen LogP contribution in [0.4, 0.5) is 39.5 Å². The summed E-state index contributed by atoms with van der Waals surface area (Å²) < 4.78 is 293. The van der Waals surface area contributed by atoms with Gasteiger partial charge in [-0.3, -0.25) is 40.9 Å². The van der Waals surface area contributed by atoms with E-state index in [1.807, 2.05) is 4.90 Å². The van der Waals surface area contributed by atoms with E-state index >= 15 is 13.7 Å². The Bertz CT molecular complexity index is 5960. The second-order valence-electron chi connectivity index (χ2n) is 27.9. The fourth-order valence-electron chi connectivity index (χ4n) is 12.8. The lowest BCUT2D eigenvalue weighted by Gasteiger charge is -2.35. The number of benzene rings is 6. The number of halogens is 9. The number of methoxy groups -OCH3 is 3. The Hall–Kier alpha value is -9.64. The van der Waals surface area contributed by atoms with Crippen LogP contribution in [0.15, 0.2) is 197 Å². The van der Waals surface area contributed by atoms with Crippen molar-refractivity contribution in [1.29, 1.82) is 0 Å². The molecule has 0 radical (unpaired) electrons. The molecule has 40 heteroatoms. The summed E-state index contributed by atoms with van der Waals surface area (Å²) in [6.45, 7) is -1.27. The van der Waals surface area contributed by atoms with Crippen LogP contribution in [-0.2, 0) is 89.8 Å². The molecule has 0 bridgehead atoms. The van der Waals surface area contributed by atoms with Gasteiger partial charge in [-0.15, -0.1) is 0 Å². The lowest BCUT2D eigenvalue weighted by Crippen LogP contribution is -2.45. The van der Waals surface area contributed by atoms with Gasteiger partial charge in [0.2, 0.25) is 0 Å². The van der Waals surface area contributed by atoms with Crippen LogP contribution in [0.25, 0.3) is 0 Å². The van der Waals surface area contributed by atoms with Crippen LogP contribution in [0, 0.1) is 35.5 Å². The van der Waals surface area contributed by atoms with Crippen molar-refractivity contribution in [2.75, 3.05) is 100 Å². The third-order valence-electron chi connectivity index (χ3n) is 18.8. The average molecular weight is 1850 g/mol. The maximum Gasteiger partial charge on any atom is 0.413 e. The molecule has 1 saturated heterocycles. The zero-order valence-corrected chi connectivity index (χ0v) is 73.3. The topological polar surface area (TPSA) is 311 Å². The first kappa shape index (κ1) is 97.6. The van der Waals surface area contributed by atoms with Crippen molar-refractivity contribution in [3.8, 4) is 52.8 Å². The minimum Gasteiger partial charge on any atom is -0.497 e. The normalized spacial score (nSPS) is 15.6. The van der Waals surface area contributed by atoms with Gasteiger partial charge in [0.25, 0.3) is 52.5 Å². The van der Waals surface area contributed by atoms with Crippen LogP contribution in [-0.4, -0.2) is 180 Å². The summed E-state index contributed by atoms with van der Waals surface area (Å²) in [5, 5.41) is -0.331. The third-order valence-corrected chi connectivity index (χ3v) is 30.0. The Morgan fingerprint density at radius 2 is 0.680 bits per heavy atom. The molecule has 3 unspecified atom stereocenters. The molecule has 0 aliphatic carbocycles. The van der Waals surface area contributed by atoms with Crippen molar-refractivity contribution < 1.29 is 119 Å². The summed E-state index contributed by atoms with van der Waals surface area (Å²) in [5.74, 6) is 20.5. The van der Waals surface area contributed by atoms with E-state index in [0.717, 1.165) is 72.8 Å². The number of nitrogens with zero attached hydrogens (tertiary/aromatic N) is 6. The molecule has 1 aliphatic rings. The van der Waals surface area contributed by atoms with E-state index < -0.39 is 112 Å². The second kappa shape index (κ2) is 42.8. The largest absolute Gasteiger partial charge is 0.497 e. The molecular weight excluding hydrogens is 1770 g/mol. The highest BCUT2D eigenvalue weighted by atomic mass is 32.2. The van der Waals surface area contributed by atoms with E-state index in [-0.39, 0.29) is 145 Å². The monoisotopic (exact) mass is 1850 g/mol. The number of ether oxygens (including phenoxy) is 3. The molecular formula is C85H87F9N7O18P3S3. The van der Waals surface area contributed by atoms with Crippen molar-refractivity contribution in [2.45, 2.75) is 98.9 Å². The summed E-state index contributed by atoms with van der Waals surface area (Å²) in [5.41, 5.74) is 8.94. The highest BCUT2D eigenvalue weighted by molar-refractivity contribution is 7.87. The highest BCUT2D eigenvalue weighted by Gasteiger charge is 2.39. The highest BCUT2D eigenvalue weighted by Crippen LogP contribution is 2.47. The SMILES string of the molecule is CCOP(=O)(c1ccc(S(=O)(=O)OCC(F)(F)F)cc1)c1cc(C#Cc2ccc(OC)cc2)cc(CN2CCN(Cc3cc(C#Cc4ccc(OC)cc4)cc(P(=O)(OCC)c4ccc(S(=O)(=O)OCC(F)(F)F)cc4)n3)C[C@H](CCCCN)N(Cc3cc(C#Cc4ccc(OC)cc4)cc(P(=O)(OCC)c4ccc(S(=O)(=O)OCC(F)(F)F)cc4)n3)CC2)n1. The molecule has 10 rings (SSSR count). The van der Waals surface area contributed by atoms with Crippen molar-refractivity contribution >= 4 is 84.7 Å². The van der Waals surface area contributed by atoms with Crippen LogP contribution in [0.2, 0.25) is 0 Å². The zero-order valence-electron chi connectivity index (χ0n) is 68.2. The minimum atomic E-state index is -5.01. The van der Waals surface area contributed by atoms with E-state index in [0.29, 0.717) is 53.2 Å². The van der Waals surface area contributed by atoms with Gasteiger partial charge in [0.1, 0.15) is 33.6 Å². The van der Waals surface area contributed by atoms with E-state index in [1.165, 1.54) is 39.5 Å². The molecule has 0 spiro atoms. The molecule has 6 aromatic carbocycles. The van der Waals surface area contributed by atoms with E-state index in [2.05, 4.69) is 57.9 Å². The number of hydrogen-bond donors (Lipinski definition) is 1. The Labute approximate surface area is 719 Å². The van der Waals surface area contributed by atoms with E-state index in [4.69, 9.17) is 48.5 Å². The lowest BCUT2D eigenvalue weighted by atomic mass is 10.1. The zero-order chi connectivity index (χ0) is 90.6. The number of unbranched alkanes of at least 4 members (excludes halogenated alkanes) is 1. The van der Waals surface area contributed by atoms with Crippen LogP contribution >= 0.6 is 22.1 Å². The van der Waals surface area contributed by atoms with Gasteiger partial charge in [0.15, 0.2) is 19.8 Å². The maximum absolute atomic E-state index is 16.0. The van der Waals surface area contributed by atoms with Crippen molar-refractivity contribution in [3.05, 3.63) is 232 Å². The van der Waals surface area contributed by atoms with E-state index in [1.54, 1.807) is 112 Å². The molecule has 2 N–H and O–H groups in total. The molecule has 1 aliphatic heterocycles. The van der Waals surface area contributed by atoms with Gasteiger partial charge in [-0.05, 0) is 222 Å². The standard InChI is InChI=1S/C85H87F9N7O18P3S3/c1-7-114-120(102,74-31-37-77(38-32-74)123(105,106)117-58-83(86,87)88)80-51-64(16-13-61-19-25-71(111-4)26-20-61)48-67(96-80)54-99-44-45-100(55-68-49-65(17-14-62-21-27-72(112-5)28-22-62)52-81(97-68)121(103,115-8-2)75-33-39-78(40-34-75)124(107,108)118-59-84(89,90)91)57-70(12-10-11-43-95)101(47-46-99)56-69-50-66(18-15-63-23-29-73(113-6)30-24-63)53-82(98-69)122(104,116-9-3)76-35-41-79(42-36-76)125(109,110)119-60-85(92,93)94/h19-42,48-53,70H,7-12,43-47,54-60,95H2,1-6H3/t70-,120?,121?,122?/m0/s1. The minimum absolute atomic E-state index is 0.0553. The lowest BCUT2D eigenvalue weighted by molar-refractivity contribution is -0.153. The quantitative estimate of drug-likeness (QED) is 0.0129. The fraction of sp³-hybridized carbons (Fsp3) is 0.329. The summed E-state index contributed by atoms with van der Waals surface area (Å²) in [4.78, 5) is 19.4. The molecule has 9 aromatic rings. The van der Waals surface area contributed by atoms with Crippen molar-refractivity contribution in [2.24, 2.45) is 5.73 Å². The van der Waals surface area contributed by atoms with Gasteiger partial charge in [0, 0.05) is 108 Å². The number of rotatable bonds is 34. The van der Waals surface area contributed by atoms with Crippen LogP contribution in [0.1, 0.15) is 90.5 Å². The summed E-state index contributed by atoms with van der Waals surface area (Å²) in [7, 11) is -23.9. The van der Waals surface area contributed by atoms with Gasteiger partial charge < -0.3 is 33.5 Å². The smallest absolute Gasteiger partial charge is 0.413 e. The number of aromatic nitrogens is 3. The molecule has 666 valence electrons. The Kier molecular flexibility index (Phi) is 33.4. The van der Waals surface area contributed by atoms with E-state index in [9.17, 15) is 64.8 Å². The third kappa shape index (κ3) is 27.4. The number of pyridine rings is 3. The van der Waals surface area contributed by atoms with Crippen molar-refractivity contribution in [3.63, 3.8) is 0 Å². The van der Waals surface area contributed by atoms with Crippen LogP contribution < -0.4 is 52.2 Å². The Morgan fingerprint density at radius 1 is 0.392 bits per heavy atom. The molecule has 1 fully saturated rings. The average Bonchev–Trinajstić information content (AvgIpc) is 0.905. The molecule has 3 aromatic heterocycles. The summed E-state index contributed by atoms with van der Waals surface area (Å²) in [6.07, 6.45) is -13.5. The predicted octanol–water partition coefficient (Wildman–Crippen LogP) is 12.0. The summed E-state index contributed by atoms with van der Waals surface area (Å²) >= 11 is 0. The van der Waals surface area contributed by atoms with Gasteiger partial charge in [-0.25, -0.2) is 15.0 Å². The molecule has 4 atom stereocenters. The maximum atomic E-state index is 16.0. The first-order valence-electron chi connectivity index (χ1n) is 38.6. The number of alkyl halides is 9. The van der Waals surface area contributed by atoms with Gasteiger partial charge in [-0.1, -0.05) is 41.9 Å². The Morgan fingerprint density at radius 3 is 0.976 bits per heavy atom. The van der Waals surface area contributed by atoms with Gasteiger partial charge in [0.05, 0.1) is 72.9 Å². The van der Waals surface area contributed by atoms with Crippen LogP contribution in [0.3, 0.4) is 0 Å². The molecule has 125 heavy (non-hydrogen) atoms. The number of hydrogen-bond acceptors (Lipinski definition) is 25. The van der Waals surface area contributed by atoms with Gasteiger partial charge >= 0.3 is 18.5 Å². The predicted molar refractivity (Wildman–Crippen MR) is 450 cm³/mol. The van der Waals surface area contributed by atoms with Crippen molar-refractivity contribution in [1.82, 2.24) is 29.7 Å². The molecule has 25 nitrogen and oxygen atoms in total. The molecule has 4 heterocycles. The fourth-order valence-corrected chi connectivity index (χ4v) is 21.6. The van der Waals surface area contributed by atoms with Gasteiger partial charge in [-0.2, -0.15) is 64.8 Å². The summed E-state index contributed by atoms with van der Waals surface area (Å²) in [6, 6.07) is 41.6. The second-order valence-corrected chi connectivity index (χ2v) is 39.7. The molecule has 0 saturated carbocycles.